The minimum atomic E-state index is -3.83. The van der Waals surface area contributed by atoms with Crippen LogP contribution in [0, 0.1) is 11.3 Å². The van der Waals surface area contributed by atoms with Crippen LogP contribution in [0.2, 0.25) is 5.02 Å². The Kier molecular flexibility index (Phi) is 3.84. The molecule has 0 spiro atoms. The number of hydrogen-bond acceptors (Lipinski definition) is 4. The second-order valence-corrected chi connectivity index (χ2v) is 6.01. The van der Waals surface area contributed by atoms with Crippen molar-refractivity contribution in [1.29, 1.82) is 5.26 Å². The summed E-state index contributed by atoms with van der Waals surface area (Å²) in [4.78, 5) is -0.0274. The molecule has 0 unspecified atom stereocenters. The standard InChI is InChI=1S/C13H10ClN3O2S/c14-10-7-9(8-15)5-6-12(10)17-20(18,19)13-4-2-1-3-11(13)16/h1-7,17H,16H2. The number of hydrogen-bond donors (Lipinski definition) is 2. The molecule has 2 aromatic carbocycles. The number of benzene rings is 2. The van der Waals surface area contributed by atoms with Gasteiger partial charge in [0.2, 0.25) is 0 Å². The van der Waals surface area contributed by atoms with E-state index in [0.717, 1.165) is 0 Å². The van der Waals surface area contributed by atoms with Crippen LogP contribution in [0.4, 0.5) is 11.4 Å². The van der Waals surface area contributed by atoms with Gasteiger partial charge in [-0.1, -0.05) is 23.7 Å². The highest BCUT2D eigenvalue weighted by molar-refractivity contribution is 7.92. The Bertz CT molecular complexity index is 798. The van der Waals surface area contributed by atoms with Crippen LogP contribution in [0.3, 0.4) is 0 Å². The van der Waals surface area contributed by atoms with Crippen molar-refractivity contribution in [2.24, 2.45) is 0 Å². The third-order valence-electron chi connectivity index (χ3n) is 2.55. The van der Waals surface area contributed by atoms with Gasteiger partial charge in [-0.2, -0.15) is 5.26 Å². The van der Waals surface area contributed by atoms with E-state index in [1.54, 1.807) is 12.1 Å². The summed E-state index contributed by atoms with van der Waals surface area (Å²) in [6, 6.07) is 12.3. The van der Waals surface area contributed by atoms with Gasteiger partial charge in [-0.25, -0.2) is 8.42 Å². The Morgan fingerprint density at radius 1 is 1.20 bits per heavy atom. The van der Waals surface area contributed by atoms with Crippen LogP contribution in [0.1, 0.15) is 5.56 Å². The zero-order chi connectivity index (χ0) is 14.8. The molecule has 2 rings (SSSR count). The minimum absolute atomic E-state index is 0.0274. The van der Waals surface area contributed by atoms with Crippen LogP contribution >= 0.6 is 11.6 Å². The topological polar surface area (TPSA) is 96.0 Å². The molecule has 0 aliphatic rings. The molecule has 0 bridgehead atoms. The highest BCUT2D eigenvalue weighted by atomic mass is 35.5. The summed E-state index contributed by atoms with van der Waals surface area (Å²) in [5, 5.41) is 8.88. The zero-order valence-electron chi connectivity index (χ0n) is 10.2. The smallest absolute Gasteiger partial charge is 0.263 e. The van der Waals surface area contributed by atoms with Gasteiger partial charge in [0.15, 0.2) is 0 Å². The molecule has 0 saturated carbocycles. The molecule has 0 aromatic heterocycles. The number of nitrogens with one attached hydrogen (secondary N) is 1. The van der Waals surface area contributed by atoms with Crippen LogP contribution in [0.15, 0.2) is 47.4 Å². The number of nitriles is 1. The summed E-state index contributed by atoms with van der Waals surface area (Å²) in [5.74, 6) is 0. The number of rotatable bonds is 3. The lowest BCUT2D eigenvalue weighted by Crippen LogP contribution is -2.15. The lowest BCUT2D eigenvalue weighted by molar-refractivity contribution is 0.601. The SMILES string of the molecule is N#Cc1ccc(NS(=O)(=O)c2ccccc2N)c(Cl)c1. The van der Waals surface area contributed by atoms with Crippen LogP contribution in [0.25, 0.3) is 0 Å². The summed E-state index contributed by atoms with van der Waals surface area (Å²) in [6.07, 6.45) is 0. The van der Waals surface area contributed by atoms with E-state index in [1.807, 2.05) is 6.07 Å². The maximum Gasteiger partial charge on any atom is 0.263 e. The molecule has 3 N–H and O–H groups in total. The first-order valence-electron chi connectivity index (χ1n) is 5.51. The molecule has 0 heterocycles. The van der Waals surface area contributed by atoms with Gasteiger partial charge in [0, 0.05) is 0 Å². The number of para-hydroxylation sites is 1. The second-order valence-electron chi connectivity index (χ2n) is 3.95. The van der Waals surface area contributed by atoms with Crippen molar-refractivity contribution in [2.75, 3.05) is 10.5 Å². The average molecular weight is 308 g/mol. The van der Waals surface area contributed by atoms with Crippen LogP contribution < -0.4 is 10.5 Å². The molecule has 0 aliphatic carbocycles. The van der Waals surface area contributed by atoms with E-state index < -0.39 is 10.0 Å². The fourth-order valence-electron chi connectivity index (χ4n) is 1.59. The quantitative estimate of drug-likeness (QED) is 0.852. The van der Waals surface area contributed by atoms with Gasteiger partial charge < -0.3 is 5.73 Å². The largest absolute Gasteiger partial charge is 0.398 e. The summed E-state index contributed by atoms with van der Waals surface area (Å²) in [5.41, 5.74) is 6.33. The van der Waals surface area contributed by atoms with Crippen LogP contribution in [-0.4, -0.2) is 8.42 Å². The first-order valence-corrected chi connectivity index (χ1v) is 7.37. The number of nitrogen functional groups attached to an aromatic ring is 1. The summed E-state index contributed by atoms with van der Waals surface area (Å²) < 4.78 is 26.8. The molecule has 0 aliphatic heterocycles. The molecule has 20 heavy (non-hydrogen) atoms. The molecule has 5 nitrogen and oxygen atoms in total. The van der Waals surface area contributed by atoms with Crippen molar-refractivity contribution in [1.82, 2.24) is 0 Å². The van der Waals surface area contributed by atoms with Crippen molar-refractivity contribution >= 4 is 33.0 Å². The number of anilines is 2. The normalized spacial score (nSPS) is 10.8. The molecule has 2 aromatic rings. The Hall–Kier alpha value is -2.23. The van der Waals surface area contributed by atoms with Gasteiger partial charge >= 0.3 is 0 Å². The fraction of sp³-hybridized carbons (Fsp3) is 0. The Labute approximate surface area is 121 Å². The molecule has 0 fully saturated rings. The predicted molar refractivity (Wildman–Crippen MR) is 77.8 cm³/mol. The maximum atomic E-state index is 12.2. The first kappa shape index (κ1) is 14.2. The second kappa shape index (κ2) is 5.41. The van der Waals surface area contributed by atoms with Crippen LogP contribution in [-0.2, 0) is 10.0 Å². The first-order chi connectivity index (χ1) is 9.44. The van der Waals surface area contributed by atoms with E-state index in [9.17, 15) is 8.42 Å². The Morgan fingerprint density at radius 2 is 1.90 bits per heavy atom. The van der Waals surface area contributed by atoms with Crippen molar-refractivity contribution in [3.05, 3.63) is 53.1 Å². The third-order valence-corrected chi connectivity index (χ3v) is 4.30. The van der Waals surface area contributed by atoms with Gasteiger partial charge in [0.25, 0.3) is 10.0 Å². The van der Waals surface area contributed by atoms with Crippen molar-refractivity contribution in [3.8, 4) is 6.07 Å². The number of nitrogens with zero attached hydrogens (tertiary/aromatic N) is 1. The van der Waals surface area contributed by atoms with Gasteiger partial charge in [-0.05, 0) is 30.3 Å². The highest BCUT2D eigenvalue weighted by Crippen LogP contribution is 2.27. The Morgan fingerprint density at radius 3 is 2.50 bits per heavy atom. The van der Waals surface area contributed by atoms with Gasteiger partial charge in [-0.15, -0.1) is 0 Å². The molecule has 7 heteroatoms. The van der Waals surface area contributed by atoms with Gasteiger partial charge in [0.1, 0.15) is 4.90 Å². The molecule has 0 saturated heterocycles. The van der Waals surface area contributed by atoms with Gasteiger partial charge in [-0.3, -0.25) is 4.72 Å². The van der Waals surface area contributed by atoms with E-state index in [2.05, 4.69) is 4.72 Å². The van der Waals surface area contributed by atoms with E-state index in [1.165, 1.54) is 30.3 Å². The van der Waals surface area contributed by atoms with Crippen molar-refractivity contribution in [3.63, 3.8) is 0 Å². The monoisotopic (exact) mass is 307 g/mol. The Balaban J connectivity index is 2.40. The maximum absolute atomic E-state index is 12.2. The molecular weight excluding hydrogens is 298 g/mol. The van der Waals surface area contributed by atoms with E-state index in [-0.39, 0.29) is 21.3 Å². The minimum Gasteiger partial charge on any atom is -0.398 e. The summed E-state index contributed by atoms with van der Waals surface area (Å²) >= 11 is 5.93. The molecule has 0 amide bonds. The number of halogens is 1. The van der Waals surface area contributed by atoms with Crippen molar-refractivity contribution in [2.45, 2.75) is 4.90 Å². The van der Waals surface area contributed by atoms with Crippen molar-refractivity contribution < 1.29 is 8.42 Å². The summed E-state index contributed by atoms with van der Waals surface area (Å²) in [7, 11) is -3.83. The fourth-order valence-corrected chi connectivity index (χ4v) is 3.09. The van der Waals surface area contributed by atoms with Gasteiger partial charge in [0.05, 0.1) is 28.0 Å². The summed E-state index contributed by atoms with van der Waals surface area (Å²) in [6.45, 7) is 0. The van der Waals surface area contributed by atoms with E-state index in [4.69, 9.17) is 22.6 Å². The third kappa shape index (κ3) is 2.85. The van der Waals surface area contributed by atoms with E-state index in [0.29, 0.717) is 5.56 Å². The molecule has 0 atom stereocenters. The zero-order valence-corrected chi connectivity index (χ0v) is 11.7. The number of nitrogens with two attached hydrogens (primary N) is 1. The lowest BCUT2D eigenvalue weighted by Gasteiger charge is -2.11. The van der Waals surface area contributed by atoms with Crippen LogP contribution in [0.5, 0.6) is 0 Å². The molecular formula is C13H10ClN3O2S. The average Bonchev–Trinajstić information content (AvgIpc) is 2.41. The molecule has 0 radical (unpaired) electrons. The van der Waals surface area contributed by atoms with E-state index >= 15 is 0 Å². The predicted octanol–water partition coefficient (Wildman–Crippen LogP) is 2.59. The molecule has 102 valence electrons. The lowest BCUT2D eigenvalue weighted by atomic mass is 10.2. The number of sulfonamides is 1. The highest BCUT2D eigenvalue weighted by Gasteiger charge is 2.18.